The summed E-state index contributed by atoms with van der Waals surface area (Å²) in [5.41, 5.74) is 2.59. The molecular formula is C25H32N4O4. The van der Waals surface area contributed by atoms with Crippen molar-refractivity contribution < 1.29 is 18.9 Å². The van der Waals surface area contributed by atoms with Crippen LogP contribution in [0.3, 0.4) is 0 Å². The Bertz CT molecular complexity index is 893. The molecule has 4 heterocycles. The van der Waals surface area contributed by atoms with Crippen LogP contribution in [0.1, 0.15) is 11.1 Å². The molecule has 0 atom stereocenters. The van der Waals surface area contributed by atoms with E-state index in [1.54, 1.807) is 0 Å². The van der Waals surface area contributed by atoms with Crippen molar-refractivity contribution in [1.82, 2.24) is 19.6 Å². The van der Waals surface area contributed by atoms with Gasteiger partial charge in [0.25, 0.3) is 0 Å². The van der Waals surface area contributed by atoms with Crippen LogP contribution in [0.5, 0.6) is 23.0 Å². The van der Waals surface area contributed by atoms with E-state index in [0.29, 0.717) is 13.6 Å². The number of fused-ring (bicyclic) bond motifs is 2. The van der Waals surface area contributed by atoms with Crippen molar-refractivity contribution in [2.45, 2.75) is 13.1 Å². The van der Waals surface area contributed by atoms with Gasteiger partial charge in [-0.25, -0.2) is 0 Å². The third-order valence-electron chi connectivity index (χ3n) is 7.02. The van der Waals surface area contributed by atoms with Gasteiger partial charge in [0.2, 0.25) is 13.6 Å². The molecular weight excluding hydrogens is 420 g/mol. The second-order valence-corrected chi connectivity index (χ2v) is 9.31. The molecule has 0 bridgehead atoms. The number of hydrogen-bond donors (Lipinski definition) is 0. The third kappa shape index (κ3) is 4.89. The second kappa shape index (κ2) is 9.38. The van der Waals surface area contributed by atoms with Gasteiger partial charge in [-0.2, -0.15) is 0 Å². The molecule has 4 aliphatic rings. The van der Waals surface area contributed by atoms with Gasteiger partial charge in [-0.15, -0.1) is 0 Å². The van der Waals surface area contributed by atoms with Crippen molar-refractivity contribution in [2.24, 2.45) is 0 Å². The van der Waals surface area contributed by atoms with Crippen molar-refractivity contribution in [2.75, 3.05) is 72.6 Å². The van der Waals surface area contributed by atoms with E-state index in [4.69, 9.17) is 18.9 Å². The molecule has 4 aliphatic heterocycles. The fourth-order valence-corrected chi connectivity index (χ4v) is 5.06. The number of rotatable bonds is 6. The zero-order valence-electron chi connectivity index (χ0n) is 19.1. The molecule has 8 heteroatoms. The summed E-state index contributed by atoms with van der Waals surface area (Å²) >= 11 is 0. The Labute approximate surface area is 195 Å². The molecule has 8 nitrogen and oxygen atoms in total. The van der Waals surface area contributed by atoms with Crippen molar-refractivity contribution in [3.8, 4) is 23.0 Å². The molecule has 0 saturated carbocycles. The molecule has 0 spiro atoms. The molecule has 176 valence electrons. The highest BCUT2D eigenvalue weighted by Gasteiger charge is 2.23. The van der Waals surface area contributed by atoms with Gasteiger partial charge in [-0.3, -0.25) is 19.6 Å². The van der Waals surface area contributed by atoms with Crippen LogP contribution in [-0.2, 0) is 13.1 Å². The van der Waals surface area contributed by atoms with Crippen LogP contribution in [0.25, 0.3) is 0 Å². The highest BCUT2D eigenvalue weighted by molar-refractivity contribution is 5.45. The van der Waals surface area contributed by atoms with Gasteiger partial charge in [0.15, 0.2) is 23.0 Å². The van der Waals surface area contributed by atoms with Gasteiger partial charge >= 0.3 is 0 Å². The van der Waals surface area contributed by atoms with Crippen molar-refractivity contribution in [3.05, 3.63) is 47.5 Å². The molecule has 2 saturated heterocycles. The quantitative estimate of drug-likeness (QED) is 0.660. The Hall–Kier alpha value is -2.52. The van der Waals surface area contributed by atoms with E-state index in [0.717, 1.165) is 95.1 Å². The summed E-state index contributed by atoms with van der Waals surface area (Å²) in [5.74, 6) is 3.48. The maximum atomic E-state index is 5.52. The van der Waals surface area contributed by atoms with Gasteiger partial charge in [-0.05, 0) is 35.4 Å². The lowest BCUT2D eigenvalue weighted by atomic mass is 10.1. The molecule has 0 aliphatic carbocycles. The average Bonchev–Trinajstić information content (AvgIpc) is 3.50. The molecule has 2 fully saturated rings. The first-order valence-electron chi connectivity index (χ1n) is 11.9. The Morgan fingerprint density at radius 1 is 0.485 bits per heavy atom. The summed E-state index contributed by atoms with van der Waals surface area (Å²) in [4.78, 5) is 10.3. The third-order valence-corrected chi connectivity index (χ3v) is 7.02. The zero-order chi connectivity index (χ0) is 22.0. The van der Waals surface area contributed by atoms with Crippen LogP contribution in [0.15, 0.2) is 36.4 Å². The van der Waals surface area contributed by atoms with E-state index in [2.05, 4.69) is 43.9 Å². The Balaban J connectivity index is 0.921. The number of nitrogens with zero attached hydrogens (tertiary/aromatic N) is 4. The van der Waals surface area contributed by atoms with E-state index in [1.807, 2.05) is 12.1 Å². The lowest BCUT2D eigenvalue weighted by molar-refractivity contribution is 0.0412. The predicted molar refractivity (Wildman–Crippen MR) is 124 cm³/mol. The lowest BCUT2D eigenvalue weighted by Crippen LogP contribution is -2.53. The van der Waals surface area contributed by atoms with E-state index in [-0.39, 0.29) is 0 Å². The Kier molecular flexibility index (Phi) is 5.98. The van der Waals surface area contributed by atoms with Gasteiger partial charge in [-0.1, -0.05) is 12.1 Å². The maximum absolute atomic E-state index is 5.52. The summed E-state index contributed by atoms with van der Waals surface area (Å²) in [6.45, 7) is 12.7. The highest BCUT2D eigenvalue weighted by atomic mass is 16.7. The van der Waals surface area contributed by atoms with Crippen LogP contribution in [0, 0.1) is 0 Å². The molecule has 0 amide bonds. The van der Waals surface area contributed by atoms with E-state index < -0.39 is 0 Å². The molecule has 2 aromatic rings. The minimum absolute atomic E-state index is 0.337. The minimum Gasteiger partial charge on any atom is -0.454 e. The maximum Gasteiger partial charge on any atom is 0.231 e. The monoisotopic (exact) mass is 452 g/mol. The van der Waals surface area contributed by atoms with Crippen molar-refractivity contribution >= 4 is 0 Å². The standard InChI is InChI=1S/C25H32N4O4/c1-3-22-24(32-18-30-22)13-20(1)15-26-5-9-28(10-6-26)17-29-11-7-27(8-12-29)16-21-2-4-23-25(14-21)33-19-31-23/h1-4,13-14H,5-12,15-19H2. The minimum atomic E-state index is 0.337. The molecule has 2 aromatic carbocycles. The van der Waals surface area contributed by atoms with E-state index in [9.17, 15) is 0 Å². The Morgan fingerprint density at radius 2 is 0.879 bits per heavy atom. The summed E-state index contributed by atoms with van der Waals surface area (Å²) in [5, 5.41) is 0. The molecule has 0 radical (unpaired) electrons. The first-order valence-corrected chi connectivity index (χ1v) is 11.9. The molecule has 6 rings (SSSR count). The first-order chi connectivity index (χ1) is 16.3. The fraction of sp³-hybridized carbons (Fsp3) is 0.520. The van der Waals surface area contributed by atoms with E-state index in [1.165, 1.54) is 11.1 Å². The molecule has 33 heavy (non-hydrogen) atoms. The number of ether oxygens (including phenoxy) is 4. The number of benzene rings is 2. The fourth-order valence-electron chi connectivity index (χ4n) is 5.06. The zero-order valence-corrected chi connectivity index (χ0v) is 19.1. The van der Waals surface area contributed by atoms with Gasteiger partial charge in [0, 0.05) is 65.4 Å². The largest absolute Gasteiger partial charge is 0.454 e. The number of piperazine rings is 2. The van der Waals surface area contributed by atoms with Gasteiger partial charge in [0.05, 0.1) is 6.67 Å². The topological polar surface area (TPSA) is 49.9 Å². The average molecular weight is 453 g/mol. The summed E-state index contributed by atoms with van der Waals surface area (Å²) in [6, 6.07) is 12.6. The molecule has 0 unspecified atom stereocenters. The first kappa shape index (κ1) is 21.0. The van der Waals surface area contributed by atoms with Crippen LogP contribution >= 0.6 is 0 Å². The summed E-state index contributed by atoms with van der Waals surface area (Å²) < 4.78 is 21.9. The van der Waals surface area contributed by atoms with Crippen LogP contribution in [-0.4, -0.2) is 92.2 Å². The molecule has 0 aromatic heterocycles. The van der Waals surface area contributed by atoms with Crippen molar-refractivity contribution in [1.29, 1.82) is 0 Å². The van der Waals surface area contributed by atoms with Crippen LogP contribution < -0.4 is 18.9 Å². The molecule has 0 N–H and O–H groups in total. The number of hydrogen-bond acceptors (Lipinski definition) is 8. The summed E-state index contributed by atoms with van der Waals surface area (Å²) in [7, 11) is 0. The Morgan fingerprint density at radius 3 is 1.33 bits per heavy atom. The van der Waals surface area contributed by atoms with Crippen LogP contribution in [0.4, 0.5) is 0 Å². The summed E-state index contributed by atoms with van der Waals surface area (Å²) in [6.07, 6.45) is 0. The predicted octanol–water partition coefficient (Wildman–Crippen LogP) is 2.04. The van der Waals surface area contributed by atoms with Crippen LogP contribution in [0.2, 0.25) is 0 Å². The van der Waals surface area contributed by atoms with Crippen molar-refractivity contribution in [3.63, 3.8) is 0 Å². The van der Waals surface area contributed by atoms with Gasteiger partial charge in [0.1, 0.15) is 0 Å². The smallest absolute Gasteiger partial charge is 0.231 e. The second-order valence-electron chi connectivity index (χ2n) is 9.31. The SMILES string of the molecule is c1cc2c(cc1CN1CCN(CN3CCN(Cc4ccc5c(c4)OCO5)CC3)CC1)OCO2. The van der Waals surface area contributed by atoms with E-state index >= 15 is 0 Å². The highest BCUT2D eigenvalue weighted by Crippen LogP contribution is 2.33. The lowest BCUT2D eigenvalue weighted by Gasteiger charge is -2.40. The van der Waals surface area contributed by atoms with Gasteiger partial charge < -0.3 is 18.9 Å². The normalized spacial score (nSPS) is 21.6.